The van der Waals surface area contributed by atoms with Crippen molar-refractivity contribution >= 4 is 29.6 Å². The summed E-state index contributed by atoms with van der Waals surface area (Å²) in [4.78, 5) is 58.1. The molecule has 3 unspecified atom stereocenters. The lowest BCUT2D eigenvalue weighted by molar-refractivity contribution is -0.142. The van der Waals surface area contributed by atoms with Gasteiger partial charge >= 0.3 is 5.97 Å². The molecule has 11 N–H and O–H groups in total. The van der Waals surface area contributed by atoms with E-state index in [4.69, 9.17) is 27.4 Å². The Morgan fingerprint density at radius 2 is 1.59 bits per heavy atom. The summed E-state index contributed by atoms with van der Waals surface area (Å²) in [5, 5.41) is 24.8. The van der Waals surface area contributed by atoms with Crippen molar-refractivity contribution in [2.45, 2.75) is 50.2 Å². The van der Waals surface area contributed by atoms with Crippen molar-refractivity contribution in [3.63, 3.8) is 0 Å². The van der Waals surface area contributed by atoms with Crippen LogP contribution in [-0.4, -0.2) is 77.6 Å². The average Bonchev–Trinajstić information content (AvgIpc) is 2.67. The lowest BCUT2D eigenvalue weighted by atomic mass is 10.1. The number of nitrogens with one attached hydrogen (secondary N) is 3. The molecule has 0 heterocycles. The quantitative estimate of drug-likeness (QED) is 0.120. The Morgan fingerprint density at radius 1 is 0.931 bits per heavy atom. The Hall–Kier alpha value is -2.77. The molecule has 0 rings (SSSR count). The molecular weight excluding hydrogens is 388 g/mol. The van der Waals surface area contributed by atoms with E-state index in [0.717, 1.165) is 0 Å². The molecule has 0 bridgehead atoms. The fourth-order valence-electron chi connectivity index (χ4n) is 2.20. The molecule has 166 valence electrons. The second kappa shape index (κ2) is 14.3. The maximum Gasteiger partial charge on any atom is 0.326 e. The fourth-order valence-corrected chi connectivity index (χ4v) is 2.20. The molecule has 29 heavy (non-hydrogen) atoms. The van der Waals surface area contributed by atoms with E-state index in [0.29, 0.717) is 19.4 Å². The molecule has 0 saturated heterocycles. The minimum Gasteiger partial charge on any atom is -0.480 e. The van der Waals surface area contributed by atoms with E-state index in [1.165, 1.54) is 0 Å². The van der Waals surface area contributed by atoms with Crippen LogP contribution >= 0.6 is 0 Å². The van der Waals surface area contributed by atoms with Gasteiger partial charge in [-0.1, -0.05) is 0 Å². The third-order valence-corrected chi connectivity index (χ3v) is 3.85. The van der Waals surface area contributed by atoms with Crippen LogP contribution in [0.3, 0.4) is 0 Å². The highest BCUT2D eigenvalue weighted by Crippen LogP contribution is 2.01. The van der Waals surface area contributed by atoms with Crippen molar-refractivity contribution in [2.24, 2.45) is 17.2 Å². The Balaban J connectivity index is 4.76. The van der Waals surface area contributed by atoms with Gasteiger partial charge < -0.3 is 43.4 Å². The Morgan fingerprint density at radius 3 is 2.10 bits per heavy atom. The number of aliphatic hydroxyl groups excluding tert-OH is 1. The first-order valence-electron chi connectivity index (χ1n) is 9.07. The monoisotopic (exact) mass is 418 g/mol. The van der Waals surface area contributed by atoms with Gasteiger partial charge in [-0.25, -0.2) is 4.79 Å². The standard InChI is InChI=1S/C16H30N6O7/c17-6-2-1-3-11(16(28)29)21-13(25)7-20-15(27)10(4-5-12(19)24)22-14(26)9(18)8-23/h9-11,23H,1-8,17-18H2,(H2,19,24)(H,20,27)(H,21,25)(H,22,26)(H,28,29). The number of carbonyl (C=O) groups is 5. The number of carbonyl (C=O) groups excluding carboxylic acids is 4. The zero-order chi connectivity index (χ0) is 22.4. The largest absolute Gasteiger partial charge is 0.480 e. The van der Waals surface area contributed by atoms with Gasteiger partial charge in [0.05, 0.1) is 13.2 Å². The number of aliphatic hydroxyl groups is 1. The lowest BCUT2D eigenvalue weighted by Crippen LogP contribution is -2.54. The summed E-state index contributed by atoms with van der Waals surface area (Å²) in [5.74, 6) is -4.29. The van der Waals surface area contributed by atoms with Crippen molar-refractivity contribution in [3.05, 3.63) is 0 Å². The molecule has 4 amide bonds. The molecule has 0 fully saturated rings. The molecule has 0 aromatic carbocycles. The predicted molar refractivity (Wildman–Crippen MR) is 101 cm³/mol. The number of amides is 4. The van der Waals surface area contributed by atoms with Crippen LogP contribution in [0, 0.1) is 0 Å². The van der Waals surface area contributed by atoms with Crippen LogP contribution < -0.4 is 33.2 Å². The molecule has 0 aromatic heterocycles. The summed E-state index contributed by atoms with van der Waals surface area (Å²) in [6.45, 7) is -0.803. The van der Waals surface area contributed by atoms with E-state index in [-0.39, 0.29) is 19.3 Å². The number of primary amides is 1. The van der Waals surface area contributed by atoms with Crippen LogP contribution in [0.4, 0.5) is 0 Å². The van der Waals surface area contributed by atoms with Gasteiger partial charge in [-0.15, -0.1) is 0 Å². The van der Waals surface area contributed by atoms with E-state index in [2.05, 4.69) is 16.0 Å². The number of hydrogen-bond acceptors (Lipinski definition) is 8. The van der Waals surface area contributed by atoms with Crippen molar-refractivity contribution in [2.75, 3.05) is 19.7 Å². The Kier molecular flexibility index (Phi) is 12.9. The SMILES string of the molecule is NCCCCC(NC(=O)CNC(=O)C(CCC(N)=O)NC(=O)C(N)CO)C(=O)O. The van der Waals surface area contributed by atoms with E-state index in [1.807, 2.05) is 0 Å². The molecule has 0 radical (unpaired) electrons. The summed E-state index contributed by atoms with van der Waals surface area (Å²) in [7, 11) is 0. The first-order chi connectivity index (χ1) is 13.6. The molecule has 0 spiro atoms. The van der Waals surface area contributed by atoms with Gasteiger partial charge in [0.25, 0.3) is 0 Å². The maximum absolute atomic E-state index is 12.2. The van der Waals surface area contributed by atoms with E-state index in [1.54, 1.807) is 0 Å². The van der Waals surface area contributed by atoms with Gasteiger partial charge in [0.15, 0.2) is 0 Å². The summed E-state index contributed by atoms with van der Waals surface area (Å²) < 4.78 is 0. The second-order valence-corrected chi connectivity index (χ2v) is 6.32. The Bertz CT molecular complexity index is 586. The van der Waals surface area contributed by atoms with Crippen molar-refractivity contribution in [3.8, 4) is 0 Å². The summed E-state index contributed by atoms with van der Waals surface area (Å²) in [6.07, 6.45) is 0.924. The number of aliphatic carboxylic acids is 1. The molecule has 0 aliphatic heterocycles. The minimum atomic E-state index is -1.27. The number of carboxylic acids is 1. The highest BCUT2D eigenvalue weighted by Gasteiger charge is 2.25. The molecule has 13 heteroatoms. The predicted octanol–water partition coefficient (Wildman–Crippen LogP) is -4.13. The van der Waals surface area contributed by atoms with Gasteiger partial charge in [-0.05, 0) is 32.2 Å². The van der Waals surface area contributed by atoms with Crippen LogP contribution in [0.1, 0.15) is 32.1 Å². The van der Waals surface area contributed by atoms with Crippen molar-refractivity contribution in [1.82, 2.24) is 16.0 Å². The maximum atomic E-state index is 12.2. The van der Waals surface area contributed by atoms with Gasteiger partial charge in [0.1, 0.15) is 18.1 Å². The van der Waals surface area contributed by atoms with Crippen LogP contribution in [-0.2, 0) is 24.0 Å². The zero-order valence-corrected chi connectivity index (χ0v) is 16.1. The average molecular weight is 418 g/mol. The number of nitrogens with two attached hydrogens (primary N) is 3. The molecule has 3 atom stereocenters. The minimum absolute atomic E-state index is 0.149. The second-order valence-electron chi connectivity index (χ2n) is 6.32. The van der Waals surface area contributed by atoms with Crippen LogP contribution in [0.5, 0.6) is 0 Å². The molecule has 0 aliphatic carbocycles. The molecule has 13 nitrogen and oxygen atoms in total. The number of carboxylic acid groups (broad SMARTS) is 1. The van der Waals surface area contributed by atoms with Crippen LogP contribution in [0.25, 0.3) is 0 Å². The highest BCUT2D eigenvalue weighted by molar-refractivity contribution is 5.92. The number of unbranched alkanes of at least 4 members (excludes halogenated alkanes) is 1. The van der Waals surface area contributed by atoms with Crippen LogP contribution in [0.2, 0.25) is 0 Å². The first kappa shape index (κ1) is 26.2. The third-order valence-electron chi connectivity index (χ3n) is 3.85. The molecule has 0 aromatic rings. The summed E-state index contributed by atoms with van der Waals surface area (Å²) >= 11 is 0. The van der Waals surface area contributed by atoms with Gasteiger partial charge in [-0.3, -0.25) is 19.2 Å². The normalized spacial score (nSPS) is 13.6. The van der Waals surface area contributed by atoms with Crippen LogP contribution in [0.15, 0.2) is 0 Å². The third kappa shape index (κ3) is 11.6. The summed E-state index contributed by atoms with van der Waals surface area (Å²) in [6, 6.07) is -3.62. The molecular formula is C16H30N6O7. The summed E-state index contributed by atoms with van der Waals surface area (Å²) in [5.41, 5.74) is 15.7. The first-order valence-corrected chi connectivity index (χ1v) is 9.07. The van der Waals surface area contributed by atoms with E-state index >= 15 is 0 Å². The van der Waals surface area contributed by atoms with E-state index in [9.17, 15) is 24.0 Å². The fraction of sp³-hybridized carbons (Fsp3) is 0.688. The topological polar surface area (TPSA) is 240 Å². The smallest absolute Gasteiger partial charge is 0.326 e. The zero-order valence-electron chi connectivity index (χ0n) is 16.1. The van der Waals surface area contributed by atoms with Gasteiger partial charge in [0, 0.05) is 6.42 Å². The number of hydrogen-bond donors (Lipinski definition) is 8. The molecule has 0 aliphatic rings. The molecule has 0 saturated carbocycles. The van der Waals surface area contributed by atoms with Crippen molar-refractivity contribution < 1.29 is 34.2 Å². The highest BCUT2D eigenvalue weighted by atomic mass is 16.4. The van der Waals surface area contributed by atoms with Gasteiger partial charge in [-0.2, -0.15) is 0 Å². The van der Waals surface area contributed by atoms with Crippen molar-refractivity contribution in [1.29, 1.82) is 0 Å². The van der Waals surface area contributed by atoms with Gasteiger partial charge in [0.2, 0.25) is 23.6 Å². The number of rotatable bonds is 15. The lowest BCUT2D eigenvalue weighted by Gasteiger charge is -2.20. The van der Waals surface area contributed by atoms with E-state index < -0.39 is 60.9 Å². The Labute approximate surface area is 167 Å².